The number of rotatable bonds is 2. The number of nitrogens with zero attached hydrogens (tertiary/aromatic N) is 1. The van der Waals surface area contributed by atoms with Crippen LogP contribution in [0.25, 0.3) is 0 Å². The average molecular weight is 268 g/mol. The number of fused-ring (bicyclic) bond motifs is 1. The summed E-state index contributed by atoms with van der Waals surface area (Å²) in [6, 6.07) is 1.06. The molecular formula is C16H32N2O. The second-order valence-corrected chi connectivity index (χ2v) is 6.97. The van der Waals surface area contributed by atoms with Crippen molar-refractivity contribution in [2.24, 2.45) is 11.7 Å². The molecule has 112 valence electrons. The predicted octanol–water partition coefficient (Wildman–Crippen LogP) is 2.78. The maximum absolute atomic E-state index is 6.50. The molecule has 19 heavy (non-hydrogen) atoms. The van der Waals surface area contributed by atoms with Crippen molar-refractivity contribution in [1.29, 1.82) is 0 Å². The van der Waals surface area contributed by atoms with Crippen LogP contribution < -0.4 is 5.73 Å². The zero-order valence-electron chi connectivity index (χ0n) is 13.0. The fourth-order valence-electron chi connectivity index (χ4n) is 4.23. The number of methoxy groups -OCH3 is 1. The predicted molar refractivity (Wildman–Crippen MR) is 80.2 cm³/mol. The third-order valence-corrected chi connectivity index (χ3v) is 5.65. The highest BCUT2D eigenvalue weighted by Gasteiger charge is 2.43. The molecule has 0 aromatic carbocycles. The van der Waals surface area contributed by atoms with Crippen LogP contribution >= 0.6 is 0 Å². The maximum atomic E-state index is 6.50. The maximum Gasteiger partial charge on any atom is 0.0643 e. The van der Waals surface area contributed by atoms with Crippen LogP contribution in [0.15, 0.2) is 0 Å². The summed E-state index contributed by atoms with van der Waals surface area (Å²) in [6.07, 6.45) is 10.5. The van der Waals surface area contributed by atoms with Gasteiger partial charge in [-0.25, -0.2) is 0 Å². The first-order valence-corrected chi connectivity index (χ1v) is 8.06. The summed E-state index contributed by atoms with van der Waals surface area (Å²) in [6.45, 7) is 3.19. The number of likely N-dealkylation sites (tertiary alicyclic amines) is 1. The number of hydrogen-bond acceptors (Lipinski definition) is 3. The minimum absolute atomic E-state index is 0.198. The van der Waals surface area contributed by atoms with Crippen molar-refractivity contribution in [2.45, 2.75) is 75.9 Å². The fourth-order valence-corrected chi connectivity index (χ4v) is 4.23. The lowest BCUT2D eigenvalue weighted by Gasteiger charge is -2.52. The van der Waals surface area contributed by atoms with E-state index in [0.717, 1.165) is 6.61 Å². The average Bonchev–Trinajstić information content (AvgIpc) is 2.46. The Morgan fingerprint density at radius 1 is 1.16 bits per heavy atom. The molecule has 1 aliphatic heterocycles. The van der Waals surface area contributed by atoms with E-state index in [1.165, 1.54) is 51.4 Å². The van der Waals surface area contributed by atoms with Crippen molar-refractivity contribution < 1.29 is 4.74 Å². The van der Waals surface area contributed by atoms with Crippen molar-refractivity contribution in [3.05, 3.63) is 0 Å². The molecular weight excluding hydrogens is 236 g/mol. The van der Waals surface area contributed by atoms with Crippen LogP contribution in [0.5, 0.6) is 0 Å². The lowest BCUT2D eigenvalue weighted by Crippen LogP contribution is -2.60. The molecule has 2 aliphatic rings. The van der Waals surface area contributed by atoms with Gasteiger partial charge in [0.1, 0.15) is 0 Å². The number of hydrogen-bond donors (Lipinski definition) is 1. The smallest absolute Gasteiger partial charge is 0.0643 e. The van der Waals surface area contributed by atoms with E-state index in [1.807, 2.05) is 7.11 Å². The first-order chi connectivity index (χ1) is 9.08. The Morgan fingerprint density at radius 2 is 1.84 bits per heavy atom. The highest BCUT2D eigenvalue weighted by atomic mass is 16.5. The Labute approximate surface area is 118 Å². The summed E-state index contributed by atoms with van der Waals surface area (Å²) in [5.41, 5.74) is 6.69. The van der Waals surface area contributed by atoms with Crippen LogP contribution in [0.2, 0.25) is 0 Å². The van der Waals surface area contributed by atoms with Gasteiger partial charge in [0.15, 0.2) is 0 Å². The lowest BCUT2D eigenvalue weighted by molar-refractivity contribution is -0.0519. The van der Waals surface area contributed by atoms with Gasteiger partial charge in [-0.2, -0.15) is 0 Å². The summed E-state index contributed by atoms with van der Waals surface area (Å²) in [7, 11) is 4.11. The second kappa shape index (κ2) is 6.55. The first kappa shape index (κ1) is 15.3. The highest BCUT2D eigenvalue weighted by Crippen LogP contribution is 2.39. The second-order valence-electron chi connectivity index (χ2n) is 6.97. The molecule has 0 bridgehead atoms. The van der Waals surface area contributed by atoms with Gasteiger partial charge in [-0.3, -0.25) is 4.90 Å². The van der Waals surface area contributed by atoms with E-state index in [-0.39, 0.29) is 5.54 Å². The van der Waals surface area contributed by atoms with Crippen molar-refractivity contribution in [2.75, 3.05) is 20.8 Å². The lowest BCUT2D eigenvalue weighted by atomic mass is 9.74. The highest BCUT2D eigenvalue weighted by molar-refractivity contribution is 4.99. The number of piperidine rings is 1. The number of nitrogens with two attached hydrogens (primary N) is 1. The van der Waals surface area contributed by atoms with Gasteiger partial charge >= 0.3 is 0 Å². The van der Waals surface area contributed by atoms with Gasteiger partial charge in [-0.15, -0.1) is 0 Å². The van der Waals surface area contributed by atoms with Gasteiger partial charge in [0.05, 0.1) is 6.61 Å². The van der Waals surface area contributed by atoms with Crippen LogP contribution in [0.3, 0.4) is 0 Å². The molecule has 0 radical (unpaired) electrons. The summed E-state index contributed by atoms with van der Waals surface area (Å²) < 4.78 is 5.47. The van der Waals surface area contributed by atoms with E-state index in [9.17, 15) is 0 Å². The van der Waals surface area contributed by atoms with Gasteiger partial charge in [0.2, 0.25) is 0 Å². The normalized spacial score (nSPS) is 42.0. The molecule has 2 N–H and O–H groups in total. The van der Waals surface area contributed by atoms with Gasteiger partial charge in [-0.05, 0) is 45.6 Å². The van der Waals surface area contributed by atoms with E-state index >= 15 is 0 Å². The van der Waals surface area contributed by atoms with E-state index in [1.54, 1.807) is 0 Å². The van der Waals surface area contributed by atoms with Crippen molar-refractivity contribution in [3.63, 3.8) is 0 Å². The van der Waals surface area contributed by atoms with E-state index in [4.69, 9.17) is 10.5 Å². The topological polar surface area (TPSA) is 38.5 Å². The number of ether oxygens (including phenoxy) is 1. The Morgan fingerprint density at radius 3 is 2.53 bits per heavy atom. The van der Waals surface area contributed by atoms with Crippen LogP contribution in [0, 0.1) is 5.92 Å². The fraction of sp³-hybridized carbons (Fsp3) is 1.00. The van der Waals surface area contributed by atoms with Crippen LogP contribution in [-0.4, -0.2) is 43.3 Å². The molecule has 4 unspecified atom stereocenters. The minimum atomic E-state index is 0.198. The molecule has 3 nitrogen and oxygen atoms in total. The van der Waals surface area contributed by atoms with E-state index in [2.05, 4.69) is 18.9 Å². The third-order valence-electron chi connectivity index (χ3n) is 5.65. The van der Waals surface area contributed by atoms with Crippen molar-refractivity contribution in [3.8, 4) is 0 Å². The molecule has 1 aliphatic carbocycles. The molecule has 3 heteroatoms. The summed E-state index contributed by atoms with van der Waals surface area (Å²) in [5, 5.41) is 0. The first-order valence-electron chi connectivity index (χ1n) is 8.06. The Balaban J connectivity index is 2.13. The molecule has 0 amide bonds. The zero-order valence-corrected chi connectivity index (χ0v) is 13.0. The molecule has 2 fully saturated rings. The Kier molecular flexibility index (Phi) is 5.27. The number of likely N-dealkylation sites (N-methyl/N-ethyl adjacent to an activating group) is 1. The van der Waals surface area contributed by atoms with Gasteiger partial charge < -0.3 is 10.5 Å². The molecule has 0 spiro atoms. The minimum Gasteiger partial charge on any atom is -0.383 e. The monoisotopic (exact) mass is 268 g/mol. The van der Waals surface area contributed by atoms with Gasteiger partial charge in [0.25, 0.3) is 0 Å². The molecule has 2 rings (SSSR count). The molecule has 1 heterocycles. The zero-order chi connectivity index (χ0) is 13.9. The SMILES string of the molecule is COCC1(C)CCC2C(N)CCCCCCC2N1C. The van der Waals surface area contributed by atoms with Gasteiger partial charge in [0, 0.05) is 24.7 Å². The summed E-state index contributed by atoms with van der Waals surface area (Å²) >= 11 is 0. The van der Waals surface area contributed by atoms with Gasteiger partial charge in [-0.1, -0.05) is 25.7 Å². The van der Waals surface area contributed by atoms with Crippen molar-refractivity contribution in [1.82, 2.24) is 4.90 Å². The van der Waals surface area contributed by atoms with E-state index in [0.29, 0.717) is 18.0 Å². The third kappa shape index (κ3) is 3.32. The molecule has 0 aromatic rings. The largest absolute Gasteiger partial charge is 0.383 e. The van der Waals surface area contributed by atoms with E-state index < -0.39 is 0 Å². The Bertz CT molecular complexity index is 284. The van der Waals surface area contributed by atoms with Crippen LogP contribution in [0.4, 0.5) is 0 Å². The Hall–Kier alpha value is -0.120. The molecule has 0 aromatic heterocycles. The van der Waals surface area contributed by atoms with Crippen molar-refractivity contribution >= 4 is 0 Å². The molecule has 1 saturated carbocycles. The molecule has 4 atom stereocenters. The summed E-state index contributed by atoms with van der Waals surface area (Å²) in [5.74, 6) is 0.688. The quantitative estimate of drug-likeness (QED) is 0.837. The standard InChI is InChI=1S/C16H32N2O/c1-16(12-19-3)11-10-13-14(17)8-6-4-5-7-9-15(13)18(16)2/h13-15H,4-12,17H2,1-3H3. The molecule has 1 saturated heterocycles. The van der Waals surface area contributed by atoms with Crippen LogP contribution in [0.1, 0.15) is 58.3 Å². The van der Waals surface area contributed by atoms with Crippen LogP contribution in [-0.2, 0) is 4.74 Å². The summed E-state index contributed by atoms with van der Waals surface area (Å²) in [4.78, 5) is 2.59.